The minimum atomic E-state index is -1.46. The number of hydrogen-bond acceptors (Lipinski definition) is 6. The van der Waals surface area contributed by atoms with Gasteiger partial charge in [-0.25, -0.2) is 0 Å². The molecule has 8 N–H and O–H groups in total. The lowest BCUT2D eigenvalue weighted by molar-refractivity contribution is -0.0275. The normalized spacial score (nSPS) is 10.8. The number of aromatic hydroxyl groups is 1. The maximum atomic E-state index is 9.55. The summed E-state index contributed by atoms with van der Waals surface area (Å²) in [5.41, 5.74) is 11.2. The predicted molar refractivity (Wildman–Crippen MR) is 68.2 cm³/mol. The highest BCUT2D eigenvalue weighted by Gasteiger charge is 2.02. The molecule has 0 saturated heterocycles. The van der Waals surface area contributed by atoms with E-state index < -0.39 is 6.29 Å². The van der Waals surface area contributed by atoms with Gasteiger partial charge < -0.3 is 32.1 Å². The van der Waals surface area contributed by atoms with Crippen LogP contribution in [0.4, 0.5) is 5.69 Å². The van der Waals surface area contributed by atoms with Crippen LogP contribution >= 0.6 is 0 Å². The van der Waals surface area contributed by atoms with Crippen LogP contribution in [0.1, 0.15) is 5.56 Å². The van der Waals surface area contributed by atoms with Crippen molar-refractivity contribution in [2.45, 2.75) is 6.29 Å². The average Bonchev–Trinajstić information content (AvgIpc) is 2.29. The topological polar surface area (TPSA) is 149 Å². The molecule has 0 fully saturated rings. The molecular weight excluding hydrogens is 238 g/mol. The van der Waals surface area contributed by atoms with Crippen molar-refractivity contribution >= 4 is 17.9 Å². The molecule has 0 aromatic heterocycles. The number of benzene rings is 1. The summed E-state index contributed by atoms with van der Waals surface area (Å²) in [7, 11) is 0. The van der Waals surface area contributed by atoms with Gasteiger partial charge in [0.1, 0.15) is 5.75 Å². The van der Waals surface area contributed by atoms with Gasteiger partial charge in [-0.1, -0.05) is 0 Å². The first kappa shape index (κ1) is 13.7. The molecule has 0 radical (unpaired) electrons. The summed E-state index contributed by atoms with van der Waals surface area (Å²) in [6.45, 7) is -0.0325. The highest BCUT2D eigenvalue weighted by Crippen LogP contribution is 2.19. The number of phenols is 1. The Morgan fingerprint density at radius 1 is 1.39 bits per heavy atom. The Balaban J connectivity index is 2.81. The zero-order valence-corrected chi connectivity index (χ0v) is 9.48. The lowest BCUT2D eigenvalue weighted by Crippen LogP contribution is -2.21. The summed E-state index contributed by atoms with van der Waals surface area (Å²) in [5, 5.41) is 36.7. The highest BCUT2D eigenvalue weighted by molar-refractivity contribution is 5.86. The summed E-state index contributed by atoms with van der Waals surface area (Å²) >= 11 is 0. The summed E-state index contributed by atoms with van der Waals surface area (Å²) in [4.78, 5) is 0. The third kappa shape index (κ3) is 4.68. The predicted octanol–water partition coefficient (Wildman–Crippen LogP) is -1.28. The fourth-order valence-electron chi connectivity index (χ4n) is 1.13. The summed E-state index contributed by atoms with van der Waals surface area (Å²) in [5.74, 6) is -0.192. The molecule has 1 aromatic rings. The third-order valence-electron chi connectivity index (χ3n) is 1.89. The Bertz CT molecular complexity index is 455. The second kappa shape index (κ2) is 6.42. The molecule has 18 heavy (non-hydrogen) atoms. The molecule has 1 aromatic carbocycles. The van der Waals surface area contributed by atoms with E-state index in [4.69, 9.17) is 21.7 Å². The molecular formula is C10H15N5O3. The molecule has 98 valence electrons. The number of nitrogens with two attached hydrogens (primary N) is 2. The van der Waals surface area contributed by atoms with Crippen LogP contribution in [0.2, 0.25) is 0 Å². The third-order valence-corrected chi connectivity index (χ3v) is 1.89. The van der Waals surface area contributed by atoms with E-state index in [0.29, 0.717) is 11.3 Å². The van der Waals surface area contributed by atoms with Gasteiger partial charge in [0, 0.05) is 11.3 Å². The summed E-state index contributed by atoms with van der Waals surface area (Å²) in [6.07, 6.45) is -0.187. The van der Waals surface area contributed by atoms with E-state index >= 15 is 0 Å². The molecule has 0 saturated carbocycles. The smallest absolute Gasteiger partial charge is 0.211 e. The van der Waals surface area contributed by atoms with Gasteiger partial charge in [-0.05, 0) is 18.2 Å². The molecule has 0 spiro atoms. The molecule has 0 atom stereocenters. The standard InChI is InChI=1S/C10H15N5O3/c11-10(12)15-14-4-6-3-7(1-2-8(6)16)13-5-9(17)18/h1-4,9,13,16-18H,5H2,(H4,11,12,15). The second-order valence-corrected chi connectivity index (χ2v) is 3.40. The lowest BCUT2D eigenvalue weighted by Gasteiger charge is -2.08. The molecule has 8 nitrogen and oxygen atoms in total. The van der Waals surface area contributed by atoms with E-state index in [0.717, 1.165) is 0 Å². The van der Waals surface area contributed by atoms with Crippen LogP contribution in [0.25, 0.3) is 0 Å². The van der Waals surface area contributed by atoms with Crippen molar-refractivity contribution in [2.24, 2.45) is 21.7 Å². The first-order chi connectivity index (χ1) is 8.49. The average molecular weight is 253 g/mol. The first-order valence-electron chi connectivity index (χ1n) is 5.04. The van der Waals surface area contributed by atoms with Gasteiger partial charge in [-0.2, -0.15) is 5.10 Å². The van der Waals surface area contributed by atoms with Crippen LogP contribution in [0, 0.1) is 0 Å². The molecule has 1 rings (SSSR count). The van der Waals surface area contributed by atoms with Crippen LogP contribution in [-0.4, -0.2) is 40.3 Å². The Morgan fingerprint density at radius 2 is 2.11 bits per heavy atom. The Kier molecular flexibility index (Phi) is 4.90. The van der Waals surface area contributed by atoms with Crippen LogP contribution < -0.4 is 16.8 Å². The van der Waals surface area contributed by atoms with Crippen molar-refractivity contribution in [1.29, 1.82) is 0 Å². The number of anilines is 1. The molecule has 0 unspecified atom stereocenters. The molecule has 0 aliphatic heterocycles. The molecule has 0 bridgehead atoms. The largest absolute Gasteiger partial charge is 0.507 e. The van der Waals surface area contributed by atoms with Gasteiger partial charge in [0.25, 0.3) is 0 Å². The van der Waals surface area contributed by atoms with Gasteiger partial charge in [-0.3, -0.25) is 0 Å². The number of guanidine groups is 1. The van der Waals surface area contributed by atoms with E-state index in [1.165, 1.54) is 12.3 Å². The Labute approximate surface area is 103 Å². The first-order valence-corrected chi connectivity index (χ1v) is 5.04. The van der Waals surface area contributed by atoms with Crippen LogP contribution in [0.5, 0.6) is 5.75 Å². The van der Waals surface area contributed by atoms with E-state index in [1.54, 1.807) is 12.1 Å². The molecule has 0 aliphatic rings. The fraction of sp³-hybridized carbons (Fsp3) is 0.200. The number of rotatable bonds is 5. The molecule has 0 aliphatic carbocycles. The van der Waals surface area contributed by atoms with E-state index in [2.05, 4.69) is 15.5 Å². The minimum absolute atomic E-state index is 0.000334. The Hall–Kier alpha value is -2.32. The van der Waals surface area contributed by atoms with E-state index in [9.17, 15) is 5.11 Å². The Morgan fingerprint density at radius 3 is 2.72 bits per heavy atom. The SMILES string of the molecule is NC(N)=NN=Cc1cc(NCC(O)O)ccc1O. The van der Waals surface area contributed by atoms with Gasteiger partial charge in [0.05, 0.1) is 12.8 Å². The fourth-order valence-corrected chi connectivity index (χ4v) is 1.13. The second-order valence-electron chi connectivity index (χ2n) is 3.40. The van der Waals surface area contributed by atoms with Crippen molar-refractivity contribution in [2.75, 3.05) is 11.9 Å². The number of aliphatic hydroxyl groups is 2. The van der Waals surface area contributed by atoms with Gasteiger partial charge >= 0.3 is 0 Å². The number of hydrogen-bond donors (Lipinski definition) is 6. The monoisotopic (exact) mass is 253 g/mol. The summed E-state index contributed by atoms with van der Waals surface area (Å²) < 4.78 is 0. The van der Waals surface area contributed by atoms with Crippen LogP contribution in [0.3, 0.4) is 0 Å². The van der Waals surface area contributed by atoms with E-state index in [1.807, 2.05) is 0 Å². The number of nitrogens with zero attached hydrogens (tertiary/aromatic N) is 2. The zero-order chi connectivity index (χ0) is 13.5. The highest BCUT2D eigenvalue weighted by atomic mass is 16.5. The van der Waals surface area contributed by atoms with Crippen LogP contribution in [-0.2, 0) is 0 Å². The maximum absolute atomic E-state index is 9.55. The molecule has 8 heteroatoms. The lowest BCUT2D eigenvalue weighted by atomic mass is 10.2. The number of nitrogens with one attached hydrogen (secondary N) is 1. The van der Waals surface area contributed by atoms with E-state index in [-0.39, 0.29) is 18.3 Å². The van der Waals surface area contributed by atoms with Crippen molar-refractivity contribution < 1.29 is 15.3 Å². The van der Waals surface area contributed by atoms with Crippen LogP contribution in [0.15, 0.2) is 28.4 Å². The molecule has 0 amide bonds. The van der Waals surface area contributed by atoms with Gasteiger partial charge in [0.2, 0.25) is 5.96 Å². The van der Waals surface area contributed by atoms with Crippen molar-refractivity contribution in [1.82, 2.24) is 0 Å². The number of phenolic OH excluding ortho intramolecular Hbond substituents is 1. The van der Waals surface area contributed by atoms with Gasteiger partial charge in [0.15, 0.2) is 6.29 Å². The van der Waals surface area contributed by atoms with Crippen molar-refractivity contribution in [3.8, 4) is 5.75 Å². The quantitative estimate of drug-likeness (QED) is 0.126. The number of aliphatic hydroxyl groups excluding tert-OH is 1. The maximum Gasteiger partial charge on any atom is 0.211 e. The van der Waals surface area contributed by atoms with Crippen molar-refractivity contribution in [3.05, 3.63) is 23.8 Å². The zero-order valence-electron chi connectivity index (χ0n) is 9.48. The minimum Gasteiger partial charge on any atom is -0.507 e. The summed E-state index contributed by atoms with van der Waals surface area (Å²) in [6, 6.07) is 4.57. The molecule has 0 heterocycles. The van der Waals surface area contributed by atoms with Crippen molar-refractivity contribution in [3.63, 3.8) is 0 Å². The van der Waals surface area contributed by atoms with Gasteiger partial charge in [-0.15, -0.1) is 5.10 Å².